The first-order valence-electron chi connectivity index (χ1n) is 8.45. The van der Waals surface area contributed by atoms with Gasteiger partial charge in [0, 0.05) is 34.6 Å². The van der Waals surface area contributed by atoms with Crippen LogP contribution in [0.1, 0.15) is 16.1 Å². The van der Waals surface area contributed by atoms with Crippen LogP contribution in [0.4, 0.5) is 0 Å². The molecule has 0 saturated carbocycles. The number of rotatable bonds is 7. The number of amides is 1. The molecule has 2 N–H and O–H groups in total. The number of benzene rings is 2. The summed E-state index contributed by atoms with van der Waals surface area (Å²) in [5.41, 5.74) is 2.01. The molecule has 6 nitrogen and oxygen atoms in total. The molecule has 1 aromatic heterocycles. The van der Waals surface area contributed by atoms with Crippen LogP contribution in [0.2, 0.25) is 5.02 Å². The highest BCUT2D eigenvalue weighted by atomic mass is 35.5. The highest BCUT2D eigenvalue weighted by Crippen LogP contribution is 2.26. The number of carbonyl (C=O) groups is 1. The van der Waals surface area contributed by atoms with E-state index in [0.717, 1.165) is 16.5 Å². The molecule has 7 heteroatoms. The Morgan fingerprint density at radius 1 is 1.15 bits per heavy atom. The average Bonchev–Trinajstić information content (AvgIpc) is 3.10. The third-order valence-corrected chi connectivity index (χ3v) is 4.56. The molecule has 0 radical (unpaired) electrons. The summed E-state index contributed by atoms with van der Waals surface area (Å²) in [7, 11) is 3.16. The van der Waals surface area contributed by atoms with E-state index in [1.54, 1.807) is 49.5 Å². The second-order valence-corrected chi connectivity index (χ2v) is 6.48. The quantitative estimate of drug-likeness (QED) is 0.649. The van der Waals surface area contributed by atoms with Gasteiger partial charge in [0.15, 0.2) is 0 Å². The smallest absolute Gasteiger partial charge is 0.270 e. The Balaban J connectivity index is 1.91. The van der Waals surface area contributed by atoms with Gasteiger partial charge in [0.1, 0.15) is 17.2 Å². The van der Waals surface area contributed by atoms with Crippen molar-refractivity contribution in [3.05, 3.63) is 58.7 Å². The minimum atomic E-state index is -0.221. The first kappa shape index (κ1) is 19.1. The molecule has 0 unspecified atom stereocenters. The van der Waals surface area contributed by atoms with E-state index in [2.05, 4.69) is 4.98 Å². The van der Waals surface area contributed by atoms with Gasteiger partial charge >= 0.3 is 0 Å². The van der Waals surface area contributed by atoms with Crippen LogP contribution in [-0.2, 0) is 6.54 Å². The standard InChI is InChI=1S/C20H21ClN2O4/c1-26-16-5-6-19(27-2)14(9-16)12-23(7-8-24)20(25)18-10-13-3-4-15(21)11-17(13)22-18/h3-6,9-11,22,24H,7-8,12H2,1-2H3. The van der Waals surface area contributed by atoms with Crippen LogP contribution in [0, 0.1) is 0 Å². The average molecular weight is 389 g/mol. The van der Waals surface area contributed by atoms with Crippen molar-refractivity contribution in [2.45, 2.75) is 6.54 Å². The van der Waals surface area contributed by atoms with Crippen molar-refractivity contribution in [2.24, 2.45) is 0 Å². The fourth-order valence-electron chi connectivity index (χ4n) is 2.97. The largest absolute Gasteiger partial charge is 0.497 e. The van der Waals surface area contributed by atoms with Gasteiger partial charge < -0.3 is 24.5 Å². The number of methoxy groups -OCH3 is 2. The fourth-order valence-corrected chi connectivity index (χ4v) is 3.14. The normalized spacial score (nSPS) is 10.8. The Labute approximate surface area is 162 Å². The van der Waals surface area contributed by atoms with Crippen LogP contribution in [0.25, 0.3) is 10.9 Å². The highest BCUT2D eigenvalue weighted by Gasteiger charge is 2.20. The van der Waals surface area contributed by atoms with Crippen LogP contribution in [0.3, 0.4) is 0 Å². The van der Waals surface area contributed by atoms with Gasteiger partial charge in [0.2, 0.25) is 0 Å². The Morgan fingerprint density at radius 2 is 1.96 bits per heavy atom. The molecule has 0 fully saturated rings. The molecular weight excluding hydrogens is 368 g/mol. The molecule has 1 heterocycles. The van der Waals surface area contributed by atoms with Crippen molar-refractivity contribution < 1.29 is 19.4 Å². The molecule has 142 valence electrons. The molecule has 0 aliphatic carbocycles. The van der Waals surface area contributed by atoms with Crippen molar-refractivity contribution >= 4 is 28.4 Å². The number of aliphatic hydroxyl groups is 1. The van der Waals surface area contributed by atoms with Crippen molar-refractivity contribution in [2.75, 3.05) is 27.4 Å². The fraction of sp³-hybridized carbons (Fsp3) is 0.250. The number of hydrogen-bond acceptors (Lipinski definition) is 4. The Bertz CT molecular complexity index is 954. The summed E-state index contributed by atoms with van der Waals surface area (Å²) >= 11 is 6.01. The van der Waals surface area contributed by atoms with Gasteiger partial charge in [-0.25, -0.2) is 0 Å². The summed E-state index contributed by atoms with van der Waals surface area (Å²) in [6.07, 6.45) is 0. The summed E-state index contributed by atoms with van der Waals surface area (Å²) in [6, 6.07) is 12.6. The zero-order valence-electron chi connectivity index (χ0n) is 15.2. The van der Waals surface area contributed by atoms with E-state index in [9.17, 15) is 9.90 Å². The van der Waals surface area contributed by atoms with E-state index in [4.69, 9.17) is 21.1 Å². The predicted molar refractivity (Wildman–Crippen MR) is 105 cm³/mol. The van der Waals surface area contributed by atoms with Gasteiger partial charge in [-0.05, 0) is 36.4 Å². The second-order valence-electron chi connectivity index (χ2n) is 6.04. The number of nitrogens with one attached hydrogen (secondary N) is 1. The SMILES string of the molecule is COc1ccc(OC)c(CN(CCO)C(=O)c2cc3ccc(Cl)cc3[nH]2)c1. The number of hydrogen-bond donors (Lipinski definition) is 2. The summed E-state index contributed by atoms with van der Waals surface area (Å²) in [4.78, 5) is 17.7. The van der Waals surface area contributed by atoms with Gasteiger partial charge in [-0.15, -0.1) is 0 Å². The molecule has 0 aliphatic heterocycles. The number of H-pyrrole nitrogens is 1. The Kier molecular flexibility index (Phi) is 5.88. The number of nitrogens with zero attached hydrogens (tertiary/aromatic N) is 1. The Hall–Kier alpha value is -2.70. The molecule has 2 aromatic carbocycles. The van der Waals surface area contributed by atoms with Gasteiger partial charge in [-0.3, -0.25) is 4.79 Å². The molecule has 1 amide bonds. The zero-order chi connectivity index (χ0) is 19.4. The number of fused-ring (bicyclic) bond motifs is 1. The summed E-state index contributed by atoms with van der Waals surface area (Å²) < 4.78 is 10.7. The number of aromatic nitrogens is 1. The lowest BCUT2D eigenvalue weighted by Gasteiger charge is -2.22. The highest BCUT2D eigenvalue weighted by molar-refractivity contribution is 6.31. The van der Waals surface area contributed by atoms with Gasteiger partial charge in [0.25, 0.3) is 5.91 Å². The van der Waals surface area contributed by atoms with Crippen molar-refractivity contribution in [1.82, 2.24) is 9.88 Å². The maximum absolute atomic E-state index is 13.0. The maximum atomic E-state index is 13.0. The predicted octanol–water partition coefficient (Wildman–Crippen LogP) is 3.47. The van der Waals surface area contributed by atoms with Crippen molar-refractivity contribution in [1.29, 1.82) is 0 Å². The van der Waals surface area contributed by atoms with E-state index in [-0.39, 0.29) is 25.6 Å². The molecule has 3 aromatic rings. The van der Waals surface area contributed by atoms with Crippen LogP contribution < -0.4 is 9.47 Å². The van der Waals surface area contributed by atoms with E-state index in [1.807, 2.05) is 12.1 Å². The van der Waals surface area contributed by atoms with E-state index < -0.39 is 0 Å². The summed E-state index contributed by atoms with van der Waals surface area (Å²) in [5, 5.41) is 10.9. The maximum Gasteiger partial charge on any atom is 0.270 e. The number of ether oxygens (including phenoxy) is 2. The zero-order valence-corrected chi connectivity index (χ0v) is 15.9. The molecule has 0 spiro atoms. The van der Waals surface area contributed by atoms with Gasteiger partial charge in [-0.2, -0.15) is 0 Å². The van der Waals surface area contributed by atoms with Crippen molar-refractivity contribution in [3.63, 3.8) is 0 Å². The molecule has 0 saturated heterocycles. The molecule has 0 aliphatic rings. The van der Waals surface area contributed by atoms with E-state index in [1.165, 1.54) is 0 Å². The number of aliphatic hydroxyl groups excluding tert-OH is 1. The van der Waals surface area contributed by atoms with Crippen LogP contribution in [0.15, 0.2) is 42.5 Å². The first-order chi connectivity index (χ1) is 13.0. The lowest BCUT2D eigenvalue weighted by atomic mass is 10.1. The van der Waals surface area contributed by atoms with Crippen molar-refractivity contribution in [3.8, 4) is 11.5 Å². The molecular formula is C20H21ClN2O4. The van der Waals surface area contributed by atoms with E-state index in [0.29, 0.717) is 22.2 Å². The number of aromatic amines is 1. The lowest BCUT2D eigenvalue weighted by molar-refractivity contribution is 0.0701. The molecule has 0 atom stereocenters. The van der Waals surface area contributed by atoms with Gasteiger partial charge in [-0.1, -0.05) is 17.7 Å². The summed E-state index contributed by atoms with van der Waals surface area (Å²) in [5.74, 6) is 1.10. The Morgan fingerprint density at radius 3 is 2.67 bits per heavy atom. The molecule has 3 rings (SSSR count). The monoisotopic (exact) mass is 388 g/mol. The van der Waals surface area contributed by atoms with Crippen LogP contribution in [-0.4, -0.2) is 48.3 Å². The summed E-state index contributed by atoms with van der Waals surface area (Å²) in [6.45, 7) is 0.315. The van der Waals surface area contributed by atoms with Crippen LogP contribution in [0.5, 0.6) is 11.5 Å². The third-order valence-electron chi connectivity index (χ3n) is 4.32. The van der Waals surface area contributed by atoms with E-state index >= 15 is 0 Å². The third kappa shape index (κ3) is 4.18. The number of halogens is 1. The molecule has 0 bridgehead atoms. The van der Waals surface area contributed by atoms with Crippen LogP contribution >= 0.6 is 11.6 Å². The second kappa shape index (κ2) is 8.33. The first-order valence-corrected chi connectivity index (χ1v) is 8.83. The minimum absolute atomic E-state index is 0.149. The lowest BCUT2D eigenvalue weighted by Crippen LogP contribution is -2.33. The van der Waals surface area contributed by atoms with Gasteiger partial charge in [0.05, 0.1) is 20.8 Å². The number of carbonyl (C=O) groups excluding carboxylic acids is 1. The molecule has 27 heavy (non-hydrogen) atoms. The minimum Gasteiger partial charge on any atom is -0.497 e. The topological polar surface area (TPSA) is 74.8 Å².